The van der Waals surface area contributed by atoms with Gasteiger partial charge in [0.25, 0.3) is 5.69 Å². The van der Waals surface area contributed by atoms with E-state index < -0.39 is 14.9 Å². The van der Waals surface area contributed by atoms with Gasteiger partial charge in [0, 0.05) is 11.6 Å². The second-order valence-corrected chi connectivity index (χ2v) is 5.47. The number of hydrogen-bond donors (Lipinski definition) is 1. The molecule has 17 heavy (non-hydrogen) atoms. The number of hydrogen-bond acceptors (Lipinski definition) is 4. The minimum absolute atomic E-state index is 0.0659. The highest BCUT2D eigenvalue weighted by Gasteiger charge is 2.15. The predicted molar refractivity (Wildman–Crippen MR) is 65.6 cm³/mol. The summed E-state index contributed by atoms with van der Waals surface area (Å²) in [6.45, 7) is 3.30. The largest absolute Gasteiger partial charge is 0.283 e. The molecule has 0 spiro atoms. The Morgan fingerprint density at radius 3 is 2.47 bits per heavy atom. The third-order valence-corrected chi connectivity index (χ3v) is 3.62. The molecule has 1 aromatic rings. The van der Waals surface area contributed by atoms with Crippen LogP contribution >= 0.6 is 0 Å². The standard InChI is InChI=1S/C10H14N2O4S/c1-3-8-5-6-9(7-10(8)12(13)14)11-17(15,16)4-2/h5-7,11H,3-4H2,1-2H3. The SMILES string of the molecule is CCc1ccc(NS(=O)(=O)CC)cc1[N+](=O)[O-]. The van der Waals surface area contributed by atoms with Gasteiger partial charge >= 0.3 is 0 Å². The fraction of sp³-hybridized carbons (Fsp3) is 0.400. The molecular weight excluding hydrogens is 244 g/mol. The molecule has 0 aliphatic carbocycles. The van der Waals surface area contributed by atoms with Crippen LogP contribution in [0.5, 0.6) is 0 Å². The fourth-order valence-electron chi connectivity index (χ4n) is 1.35. The maximum absolute atomic E-state index is 11.3. The van der Waals surface area contributed by atoms with Gasteiger partial charge in [0.1, 0.15) is 0 Å². The molecule has 1 N–H and O–H groups in total. The van der Waals surface area contributed by atoms with Crippen LogP contribution < -0.4 is 4.72 Å². The third-order valence-electron chi connectivity index (χ3n) is 2.32. The number of nitrogens with one attached hydrogen (secondary N) is 1. The molecule has 0 fully saturated rings. The number of benzene rings is 1. The Bertz CT molecular complexity index is 525. The Balaban J connectivity index is 3.13. The summed E-state index contributed by atoms with van der Waals surface area (Å²) in [5.74, 6) is -0.0731. The summed E-state index contributed by atoms with van der Waals surface area (Å²) in [7, 11) is -3.41. The highest BCUT2D eigenvalue weighted by molar-refractivity contribution is 7.92. The van der Waals surface area contributed by atoms with Gasteiger partial charge in [-0.15, -0.1) is 0 Å². The van der Waals surface area contributed by atoms with E-state index in [1.54, 1.807) is 13.0 Å². The lowest BCUT2D eigenvalue weighted by molar-refractivity contribution is -0.385. The highest BCUT2D eigenvalue weighted by atomic mass is 32.2. The second-order valence-electron chi connectivity index (χ2n) is 3.46. The molecule has 94 valence electrons. The van der Waals surface area contributed by atoms with Gasteiger partial charge in [-0.05, 0) is 19.4 Å². The maximum atomic E-state index is 11.3. The number of nitro benzene ring substituents is 1. The van der Waals surface area contributed by atoms with Crippen molar-refractivity contribution in [2.75, 3.05) is 10.5 Å². The van der Waals surface area contributed by atoms with Crippen molar-refractivity contribution in [2.24, 2.45) is 0 Å². The van der Waals surface area contributed by atoms with Crippen LogP contribution in [-0.2, 0) is 16.4 Å². The smallest absolute Gasteiger partial charge is 0.274 e. The van der Waals surface area contributed by atoms with Crippen LogP contribution in [0.4, 0.5) is 11.4 Å². The van der Waals surface area contributed by atoms with E-state index in [2.05, 4.69) is 4.72 Å². The molecule has 0 heterocycles. The van der Waals surface area contributed by atoms with E-state index in [9.17, 15) is 18.5 Å². The van der Waals surface area contributed by atoms with Gasteiger partial charge in [0.2, 0.25) is 10.0 Å². The first kappa shape index (κ1) is 13.4. The predicted octanol–water partition coefficient (Wildman–Crippen LogP) is 1.92. The number of anilines is 1. The number of rotatable bonds is 5. The van der Waals surface area contributed by atoms with Crippen molar-refractivity contribution in [3.05, 3.63) is 33.9 Å². The topological polar surface area (TPSA) is 89.3 Å². The molecule has 0 atom stereocenters. The second kappa shape index (κ2) is 5.13. The van der Waals surface area contributed by atoms with Crippen LogP contribution in [0.1, 0.15) is 19.4 Å². The van der Waals surface area contributed by atoms with Gasteiger partial charge in [0.05, 0.1) is 16.4 Å². The zero-order valence-electron chi connectivity index (χ0n) is 9.63. The van der Waals surface area contributed by atoms with Crippen LogP contribution in [0.3, 0.4) is 0 Å². The van der Waals surface area contributed by atoms with Crippen LogP contribution in [-0.4, -0.2) is 19.1 Å². The van der Waals surface area contributed by atoms with Crippen molar-refractivity contribution in [3.63, 3.8) is 0 Å². The lowest BCUT2D eigenvalue weighted by Gasteiger charge is -2.07. The summed E-state index contributed by atoms with van der Waals surface area (Å²) < 4.78 is 24.9. The summed E-state index contributed by atoms with van der Waals surface area (Å²) >= 11 is 0. The molecule has 0 bridgehead atoms. The van der Waals surface area contributed by atoms with E-state index in [0.717, 1.165) is 0 Å². The number of sulfonamides is 1. The molecule has 6 nitrogen and oxygen atoms in total. The molecule has 0 aromatic heterocycles. The van der Waals surface area contributed by atoms with E-state index in [1.165, 1.54) is 19.1 Å². The lowest BCUT2D eigenvalue weighted by atomic mass is 10.1. The summed E-state index contributed by atoms with van der Waals surface area (Å²) in [5.41, 5.74) is 0.731. The van der Waals surface area contributed by atoms with Crippen molar-refractivity contribution < 1.29 is 13.3 Å². The summed E-state index contributed by atoms with van der Waals surface area (Å²) in [6, 6.07) is 4.33. The van der Waals surface area contributed by atoms with Crippen LogP contribution in [0.15, 0.2) is 18.2 Å². The van der Waals surface area contributed by atoms with Gasteiger partial charge in [0.15, 0.2) is 0 Å². The summed E-state index contributed by atoms with van der Waals surface area (Å²) in [6.07, 6.45) is 0.525. The normalized spacial score (nSPS) is 11.2. The molecule has 7 heteroatoms. The van der Waals surface area contributed by atoms with E-state index >= 15 is 0 Å². The number of nitrogens with zero attached hydrogens (tertiary/aromatic N) is 1. The fourth-order valence-corrected chi connectivity index (χ4v) is 1.98. The Morgan fingerprint density at radius 2 is 2.00 bits per heavy atom. The number of aryl methyl sites for hydroxylation is 1. The van der Waals surface area contributed by atoms with Crippen molar-refractivity contribution >= 4 is 21.4 Å². The zero-order chi connectivity index (χ0) is 13.1. The molecule has 0 saturated carbocycles. The van der Waals surface area contributed by atoms with Gasteiger partial charge in [-0.1, -0.05) is 13.0 Å². The average Bonchev–Trinajstić information content (AvgIpc) is 2.28. The van der Waals surface area contributed by atoms with Crippen LogP contribution in [0.2, 0.25) is 0 Å². The Morgan fingerprint density at radius 1 is 1.35 bits per heavy atom. The molecular formula is C10H14N2O4S. The Hall–Kier alpha value is -1.63. The van der Waals surface area contributed by atoms with Crippen molar-refractivity contribution in [3.8, 4) is 0 Å². The lowest BCUT2D eigenvalue weighted by Crippen LogP contribution is -2.14. The van der Waals surface area contributed by atoms with Gasteiger partial charge in [-0.3, -0.25) is 14.8 Å². The number of nitro groups is 1. The van der Waals surface area contributed by atoms with Gasteiger partial charge in [-0.2, -0.15) is 0 Å². The minimum atomic E-state index is -3.41. The maximum Gasteiger partial charge on any atom is 0.274 e. The molecule has 0 amide bonds. The van der Waals surface area contributed by atoms with Crippen molar-refractivity contribution in [1.29, 1.82) is 0 Å². The van der Waals surface area contributed by atoms with Crippen LogP contribution in [0.25, 0.3) is 0 Å². The Kier molecular flexibility index (Phi) is 4.06. The summed E-state index contributed by atoms with van der Waals surface area (Å²) in [4.78, 5) is 10.3. The quantitative estimate of drug-likeness (QED) is 0.645. The molecule has 0 unspecified atom stereocenters. The molecule has 1 aromatic carbocycles. The van der Waals surface area contributed by atoms with E-state index in [4.69, 9.17) is 0 Å². The first-order valence-electron chi connectivity index (χ1n) is 5.17. The first-order chi connectivity index (χ1) is 7.89. The average molecular weight is 258 g/mol. The molecule has 1 rings (SSSR count). The first-order valence-corrected chi connectivity index (χ1v) is 6.82. The molecule has 0 saturated heterocycles. The highest BCUT2D eigenvalue weighted by Crippen LogP contribution is 2.24. The van der Waals surface area contributed by atoms with E-state index in [0.29, 0.717) is 12.0 Å². The van der Waals surface area contributed by atoms with E-state index in [-0.39, 0.29) is 17.1 Å². The van der Waals surface area contributed by atoms with E-state index in [1.807, 2.05) is 0 Å². The minimum Gasteiger partial charge on any atom is -0.283 e. The van der Waals surface area contributed by atoms with Gasteiger partial charge in [-0.25, -0.2) is 8.42 Å². The third kappa shape index (κ3) is 3.42. The summed E-state index contributed by atoms with van der Waals surface area (Å²) in [5, 5.41) is 10.8. The zero-order valence-corrected chi connectivity index (χ0v) is 10.5. The van der Waals surface area contributed by atoms with Crippen LogP contribution in [0, 0.1) is 10.1 Å². The molecule has 0 aliphatic heterocycles. The Labute approximate surface area is 99.9 Å². The monoisotopic (exact) mass is 258 g/mol. The molecule has 0 aliphatic rings. The van der Waals surface area contributed by atoms with Crippen molar-refractivity contribution in [2.45, 2.75) is 20.3 Å². The van der Waals surface area contributed by atoms with Gasteiger partial charge < -0.3 is 0 Å². The van der Waals surface area contributed by atoms with Crippen molar-refractivity contribution in [1.82, 2.24) is 0 Å². The molecule has 0 radical (unpaired) electrons.